The third-order valence-electron chi connectivity index (χ3n) is 8.98. The lowest BCUT2D eigenvalue weighted by atomic mass is 9.91. The van der Waals surface area contributed by atoms with Crippen molar-refractivity contribution in [1.29, 1.82) is 0 Å². The van der Waals surface area contributed by atoms with Crippen molar-refractivity contribution in [3.8, 4) is 55.6 Å². The van der Waals surface area contributed by atoms with E-state index >= 15 is 0 Å². The van der Waals surface area contributed by atoms with Crippen LogP contribution in [-0.2, 0) is 0 Å². The third-order valence-corrected chi connectivity index (χ3v) is 8.98. The first-order valence-electron chi connectivity index (χ1n) is 14.6. The molecule has 0 heteroatoms. The Labute approximate surface area is 245 Å². The maximum absolute atomic E-state index is 2.37. The number of hydrogen-bond acceptors (Lipinski definition) is 0. The molecule has 0 aromatic heterocycles. The Kier molecular flexibility index (Phi) is 5.00. The highest BCUT2D eigenvalue weighted by molar-refractivity contribution is 6.16. The summed E-state index contributed by atoms with van der Waals surface area (Å²) in [5, 5.41) is 7.84. The summed E-state index contributed by atoms with van der Waals surface area (Å²) in [6, 6.07) is 58.0. The van der Waals surface area contributed by atoms with Crippen LogP contribution in [0.2, 0.25) is 0 Å². The third kappa shape index (κ3) is 3.49. The topological polar surface area (TPSA) is 0 Å². The van der Waals surface area contributed by atoms with Crippen LogP contribution in [0.4, 0.5) is 0 Å². The molecular weight excluding hydrogens is 504 g/mol. The maximum Gasteiger partial charge on any atom is -0.00259 e. The lowest BCUT2D eigenvalue weighted by Crippen LogP contribution is -1.86. The van der Waals surface area contributed by atoms with E-state index in [9.17, 15) is 0 Å². The SMILES string of the molecule is c1cc(-c2ccc(-c3cc4c5c(cccc5c3)-c3ccccc3-4)cc2)cc(-c2cc3ccccc3c3ccccc23)c1. The minimum atomic E-state index is 1.23. The summed E-state index contributed by atoms with van der Waals surface area (Å²) in [6.07, 6.45) is 0. The lowest BCUT2D eigenvalue weighted by Gasteiger charge is -2.13. The molecule has 0 heterocycles. The summed E-state index contributed by atoms with van der Waals surface area (Å²) < 4.78 is 0. The Morgan fingerprint density at radius 1 is 0.238 bits per heavy atom. The average molecular weight is 531 g/mol. The van der Waals surface area contributed by atoms with Crippen LogP contribution < -0.4 is 0 Å². The highest BCUT2D eigenvalue weighted by Gasteiger charge is 2.21. The molecule has 0 fully saturated rings. The molecule has 8 aromatic rings. The van der Waals surface area contributed by atoms with Crippen LogP contribution in [0.1, 0.15) is 0 Å². The van der Waals surface area contributed by atoms with E-state index in [1.165, 1.54) is 88.0 Å². The number of fused-ring (bicyclic) bond motifs is 6. The van der Waals surface area contributed by atoms with Crippen molar-refractivity contribution in [2.45, 2.75) is 0 Å². The van der Waals surface area contributed by atoms with Crippen LogP contribution in [0, 0.1) is 0 Å². The molecule has 0 saturated heterocycles. The highest BCUT2D eigenvalue weighted by atomic mass is 14.2. The minimum absolute atomic E-state index is 1.23. The van der Waals surface area contributed by atoms with Gasteiger partial charge in [-0.1, -0.05) is 133 Å². The molecule has 0 unspecified atom stereocenters. The second kappa shape index (κ2) is 9.03. The van der Waals surface area contributed by atoms with Gasteiger partial charge in [-0.05, 0) is 112 Å². The van der Waals surface area contributed by atoms with E-state index in [0.717, 1.165) is 0 Å². The quantitative estimate of drug-likeness (QED) is 0.199. The van der Waals surface area contributed by atoms with E-state index in [-0.39, 0.29) is 0 Å². The first-order valence-corrected chi connectivity index (χ1v) is 14.6. The van der Waals surface area contributed by atoms with Gasteiger partial charge >= 0.3 is 0 Å². The van der Waals surface area contributed by atoms with E-state index in [2.05, 4.69) is 158 Å². The van der Waals surface area contributed by atoms with E-state index in [1.807, 2.05) is 0 Å². The highest BCUT2D eigenvalue weighted by Crippen LogP contribution is 2.48. The zero-order valence-electron chi connectivity index (χ0n) is 23.0. The van der Waals surface area contributed by atoms with Gasteiger partial charge in [-0.3, -0.25) is 0 Å². The summed E-state index contributed by atoms with van der Waals surface area (Å²) >= 11 is 0. The van der Waals surface area contributed by atoms with Crippen LogP contribution in [0.3, 0.4) is 0 Å². The molecule has 1 aliphatic rings. The molecule has 0 saturated carbocycles. The van der Waals surface area contributed by atoms with Crippen LogP contribution >= 0.6 is 0 Å². The normalized spacial score (nSPS) is 11.8. The van der Waals surface area contributed by atoms with Crippen molar-refractivity contribution in [1.82, 2.24) is 0 Å². The van der Waals surface area contributed by atoms with Gasteiger partial charge in [0.25, 0.3) is 0 Å². The summed E-state index contributed by atoms with van der Waals surface area (Å²) in [5.41, 5.74) is 12.8. The van der Waals surface area contributed by atoms with Gasteiger partial charge in [0, 0.05) is 0 Å². The van der Waals surface area contributed by atoms with Crippen LogP contribution in [0.5, 0.6) is 0 Å². The van der Waals surface area contributed by atoms with E-state index in [4.69, 9.17) is 0 Å². The monoisotopic (exact) mass is 530 g/mol. The van der Waals surface area contributed by atoms with Gasteiger partial charge in [0.1, 0.15) is 0 Å². The molecule has 42 heavy (non-hydrogen) atoms. The van der Waals surface area contributed by atoms with Gasteiger partial charge in [0.2, 0.25) is 0 Å². The molecule has 9 rings (SSSR count). The standard InChI is InChI=1S/C42H26/c1-2-13-34-31(9-1)25-40(37-16-5-3-14-35(34)37)30-11-7-10-29(23-30)27-19-21-28(22-20-27)33-24-32-12-8-18-39-36-15-4-6-17-38(36)41(26-33)42(32)39/h1-26H. The van der Waals surface area contributed by atoms with Gasteiger partial charge < -0.3 is 0 Å². The van der Waals surface area contributed by atoms with Gasteiger partial charge in [0.05, 0.1) is 0 Å². The molecule has 0 spiro atoms. The van der Waals surface area contributed by atoms with Gasteiger partial charge in [-0.2, -0.15) is 0 Å². The maximum atomic E-state index is 2.37. The van der Waals surface area contributed by atoms with Crippen LogP contribution in [-0.4, -0.2) is 0 Å². The zero-order chi connectivity index (χ0) is 27.6. The Hall–Kier alpha value is -5.46. The van der Waals surface area contributed by atoms with Crippen LogP contribution in [0.15, 0.2) is 158 Å². The molecule has 1 aliphatic carbocycles. The van der Waals surface area contributed by atoms with Crippen molar-refractivity contribution < 1.29 is 0 Å². The predicted octanol–water partition coefficient (Wildman–Crippen LogP) is 11.8. The van der Waals surface area contributed by atoms with E-state index in [0.29, 0.717) is 0 Å². The summed E-state index contributed by atoms with van der Waals surface area (Å²) in [4.78, 5) is 0. The molecule has 0 radical (unpaired) electrons. The van der Waals surface area contributed by atoms with Crippen molar-refractivity contribution in [2.24, 2.45) is 0 Å². The Morgan fingerprint density at radius 3 is 1.67 bits per heavy atom. The van der Waals surface area contributed by atoms with Crippen molar-refractivity contribution in [3.63, 3.8) is 0 Å². The fraction of sp³-hybridized carbons (Fsp3) is 0. The molecule has 0 N–H and O–H groups in total. The van der Waals surface area contributed by atoms with Crippen LogP contribution in [0.25, 0.3) is 88.0 Å². The fourth-order valence-corrected chi connectivity index (χ4v) is 7.00. The summed E-state index contributed by atoms with van der Waals surface area (Å²) in [6.45, 7) is 0. The Morgan fingerprint density at radius 2 is 0.833 bits per heavy atom. The molecule has 0 amide bonds. The first-order chi connectivity index (χ1) is 20.8. The number of hydrogen-bond donors (Lipinski definition) is 0. The molecule has 194 valence electrons. The number of benzene rings is 8. The Balaban J connectivity index is 1.12. The summed E-state index contributed by atoms with van der Waals surface area (Å²) in [7, 11) is 0. The minimum Gasteiger partial charge on any atom is -0.0616 e. The molecular formula is C42H26. The molecule has 0 bridgehead atoms. The summed E-state index contributed by atoms with van der Waals surface area (Å²) in [5.74, 6) is 0. The molecule has 8 aromatic carbocycles. The molecule has 0 atom stereocenters. The fourth-order valence-electron chi connectivity index (χ4n) is 7.00. The van der Waals surface area contributed by atoms with Gasteiger partial charge in [0.15, 0.2) is 0 Å². The Bertz CT molecular complexity index is 2340. The second-order valence-corrected chi connectivity index (χ2v) is 11.3. The van der Waals surface area contributed by atoms with Crippen molar-refractivity contribution >= 4 is 32.3 Å². The van der Waals surface area contributed by atoms with E-state index in [1.54, 1.807) is 0 Å². The molecule has 0 aliphatic heterocycles. The van der Waals surface area contributed by atoms with Crippen molar-refractivity contribution in [2.75, 3.05) is 0 Å². The average Bonchev–Trinajstić information content (AvgIpc) is 3.39. The smallest absolute Gasteiger partial charge is 0.00259 e. The van der Waals surface area contributed by atoms with Gasteiger partial charge in [-0.15, -0.1) is 0 Å². The van der Waals surface area contributed by atoms with Gasteiger partial charge in [-0.25, -0.2) is 0 Å². The second-order valence-electron chi connectivity index (χ2n) is 11.3. The first kappa shape index (κ1) is 23.3. The largest absolute Gasteiger partial charge is 0.0616 e. The van der Waals surface area contributed by atoms with Crippen molar-refractivity contribution in [3.05, 3.63) is 158 Å². The zero-order valence-corrected chi connectivity index (χ0v) is 23.0. The lowest BCUT2D eigenvalue weighted by molar-refractivity contribution is 1.59. The number of rotatable bonds is 3. The van der Waals surface area contributed by atoms with E-state index < -0.39 is 0 Å². The molecule has 0 nitrogen and oxygen atoms in total. The predicted molar refractivity (Wildman–Crippen MR) is 180 cm³/mol.